The first kappa shape index (κ1) is 20.6. The van der Waals surface area contributed by atoms with Crippen molar-refractivity contribution in [3.8, 4) is 0 Å². The van der Waals surface area contributed by atoms with Gasteiger partial charge in [-0.2, -0.15) is 13.2 Å². The molecule has 154 valence electrons. The monoisotopic (exact) mass is 407 g/mol. The van der Waals surface area contributed by atoms with Gasteiger partial charge in [0.1, 0.15) is 0 Å². The Morgan fingerprint density at radius 1 is 1.28 bits per heavy atom. The molecule has 1 aromatic carbocycles. The predicted molar refractivity (Wildman–Crippen MR) is 102 cm³/mol. The van der Waals surface area contributed by atoms with Crippen LogP contribution in [0.25, 0.3) is 0 Å². The molecule has 0 fully saturated rings. The zero-order chi connectivity index (χ0) is 21.3. The third-order valence-corrected chi connectivity index (χ3v) is 4.79. The van der Waals surface area contributed by atoms with E-state index in [1.807, 2.05) is 0 Å². The Bertz CT molecular complexity index is 963. The van der Waals surface area contributed by atoms with Crippen LogP contribution < -0.4 is 16.5 Å². The zero-order valence-electron chi connectivity index (χ0n) is 15.9. The first-order valence-corrected chi connectivity index (χ1v) is 8.87. The number of hydrogen-bond donors (Lipinski definition) is 3. The molecule has 7 nitrogen and oxygen atoms in total. The Hall–Kier alpha value is -3.14. The SMILES string of the molecule is CC1=C(C(=O)Nc2cc(C(N)=O)ccc2C)CNN1C1=C(C(F)(F)F)CCC=N1. The number of carbonyl (C=O) groups is 2. The lowest BCUT2D eigenvalue weighted by atomic mass is 10.1. The number of alkyl halides is 3. The summed E-state index contributed by atoms with van der Waals surface area (Å²) in [6, 6.07) is 4.65. The van der Waals surface area contributed by atoms with E-state index in [-0.39, 0.29) is 36.3 Å². The van der Waals surface area contributed by atoms with Crippen LogP contribution >= 0.6 is 0 Å². The van der Waals surface area contributed by atoms with Crippen LogP contribution in [0, 0.1) is 6.92 Å². The molecule has 0 radical (unpaired) electrons. The smallest absolute Gasteiger partial charge is 0.366 e. The molecule has 29 heavy (non-hydrogen) atoms. The molecule has 0 unspecified atom stereocenters. The summed E-state index contributed by atoms with van der Waals surface area (Å²) in [6.07, 6.45) is -3.05. The summed E-state index contributed by atoms with van der Waals surface area (Å²) < 4.78 is 40.0. The second-order valence-corrected chi connectivity index (χ2v) is 6.73. The molecule has 4 N–H and O–H groups in total. The zero-order valence-corrected chi connectivity index (χ0v) is 15.9. The van der Waals surface area contributed by atoms with Crippen molar-refractivity contribution in [1.29, 1.82) is 0 Å². The number of nitrogens with zero attached hydrogens (tertiary/aromatic N) is 2. The summed E-state index contributed by atoms with van der Waals surface area (Å²) in [5.41, 5.74) is 9.26. The molecule has 3 rings (SSSR count). The van der Waals surface area contributed by atoms with Crippen LogP contribution in [0.1, 0.15) is 35.7 Å². The number of halogens is 3. The highest BCUT2D eigenvalue weighted by atomic mass is 19.4. The number of nitrogens with one attached hydrogen (secondary N) is 2. The largest absolute Gasteiger partial charge is 0.416 e. The second-order valence-electron chi connectivity index (χ2n) is 6.73. The number of aliphatic imine (C=N–C) groups is 1. The van der Waals surface area contributed by atoms with Gasteiger partial charge >= 0.3 is 6.18 Å². The van der Waals surface area contributed by atoms with Gasteiger partial charge in [-0.25, -0.2) is 10.4 Å². The van der Waals surface area contributed by atoms with Crippen molar-refractivity contribution in [3.05, 3.63) is 52.0 Å². The number of hydrazine groups is 1. The first-order valence-electron chi connectivity index (χ1n) is 8.87. The highest BCUT2D eigenvalue weighted by Crippen LogP contribution is 2.36. The van der Waals surface area contributed by atoms with Crippen LogP contribution in [0.3, 0.4) is 0 Å². The topological polar surface area (TPSA) is 99.8 Å². The summed E-state index contributed by atoms with van der Waals surface area (Å²) in [7, 11) is 0. The van der Waals surface area contributed by atoms with Crippen molar-refractivity contribution < 1.29 is 22.8 Å². The molecule has 2 amide bonds. The molecule has 2 heterocycles. The highest BCUT2D eigenvalue weighted by molar-refractivity contribution is 6.06. The third kappa shape index (κ3) is 4.16. The van der Waals surface area contributed by atoms with Gasteiger partial charge in [-0.05, 0) is 44.4 Å². The average molecular weight is 407 g/mol. The number of allylic oxidation sites excluding steroid dienone is 2. The van der Waals surface area contributed by atoms with Gasteiger partial charge in [0.2, 0.25) is 5.91 Å². The summed E-state index contributed by atoms with van der Waals surface area (Å²) in [5, 5.41) is 3.89. The van der Waals surface area contributed by atoms with Gasteiger partial charge in [0, 0.05) is 29.7 Å². The van der Waals surface area contributed by atoms with Crippen LogP contribution in [0.2, 0.25) is 0 Å². The molecule has 0 spiro atoms. The van der Waals surface area contributed by atoms with E-state index in [2.05, 4.69) is 15.7 Å². The summed E-state index contributed by atoms with van der Waals surface area (Å²) in [4.78, 5) is 28.0. The van der Waals surface area contributed by atoms with E-state index in [9.17, 15) is 22.8 Å². The molecule has 10 heteroatoms. The lowest BCUT2D eigenvalue weighted by Gasteiger charge is -2.26. The fraction of sp³-hybridized carbons (Fsp3) is 0.316. The minimum absolute atomic E-state index is 0.0381. The number of amides is 2. The quantitative estimate of drug-likeness (QED) is 0.715. The molecule has 2 aliphatic heterocycles. The Morgan fingerprint density at radius 2 is 2.00 bits per heavy atom. The van der Waals surface area contributed by atoms with Crippen molar-refractivity contribution in [1.82, 2.24) is 10.4 Å². The molecule has 0 aliphatic carbocycles. The number of primary amides is 1. The molecular formula is C19H20F3N5O2. The number of hydrogen-bond acceptors (Lipinski definition) is 5. The Morgan fingerprint density at radius 3 is 2.66 bits per heavy atom. The van der Waals surface area contributed by atoms with Crippen LogP contribution in [0.4, 0.5) is 18.9 Å². The van der Waals surface area contributed by atoms with Gasteiger partial charge in [-0.15, -0.1) is 0 Å². The lowest BCUT2D eigenvalue weighted by molar-refractivity contribution is -0.112. The minimum Gasteiger partial charge on any atom is -0.366 e. The van der Waals surface area contributed by atoms with E-state index < -0.39 is 23.6 Å². The lowest BCUT2D eigenvalue weighted by Crippen LogP contribution is -2.34. The number of benzene rings is 1. The molecule has 0 atom stereocenters. The van der Waals surface area contributed by atoms with E-state index in [1.54, 1.807) is 26.0 Å². The Balaban J connectivity index is 1.89. The summed E-state index contributed by atoms with van der Waals surface area (Å²) in [6.45, 7) is 3.33. The van der Waals surface area contributed by atoms with Gasteiger partial charge in [-0.1, -0.05) is 6.07 Å². The van der Waals surface area contributed by atoms with E-state index in [0.29, 0.717) is 16.9 Å². The van der Waals surface area contributed by atoms with Crippen LogP contribution in [0.5, 0.6) is 0 Å². The number of anilines is 1. The molecular weight excluding hydrogens is 387 g/mol. The van der Waals surface area contributed by atoms with E-state index in [1.165, 1.54) is 17.3 Å². The van der Waals surface area contributed by atoms with Crippen LogP contribution in [-0.4, -0.2) is 35.8 Å². The maximum atomic E-state index is 13.3. The highest BCUT2D eigenvalue weighted by Gasteiger charge is 2.40. The number of nitrogens with two attached hydrogens (primary N) is 1. The molecule has 0 saturated heterocycles. The Kier molecular flexibility index (Phi) is 5.47. The maximum absolute atomic E-state index is 13.3. The van der Waals surface area contributed by atoms with Gasteiger partial charge < -0.3 is 11.1 Å². The normalized spacial score (nSPS) is 17.2. The van der Waals surface area contributed by atoms with Gasteiger partial charge in [-0.3, -0.25) is 14.6 Å². The van der Waals surface area contributed by atoms with Crippen molar-refractivity contribution in [2.45, 2.75) is 32.9 Å². The molecule has 0 saturated carbocycles. The van der Waals surface area contributed by atoms with Crippen molar-refractivity contribution in [3.63, 3.8) is 0 Å². The fourth-order valence-electron chi connectivity index (χ4n) is 3.14. The maximum Gasteiger partial charge on any atom is 0.416 e. The second kappa shape index (κ2) is 7.70. The van der Waals surface area contributed by atoms with Gasteiger partial charge in [0.15, 0.2) is 5.82 Å². The number of carbonyl (C=O) groups excluding carboxylic acids is 2. The van der Waals surface area contributed by atoms with E-state index >= 15 is 0 Å². The molecule has 0 bridgehead atoms. The molecule has 1 aromatic rings. The fourth-order valence-corrected chi connectivity index (χ4v) is 3.14. The molecule has 0 aromatic heterocycles. The Labute approximate surface area is 165 Å². The third-order valence-electron chi connectivity index (χ3n) is 4.79. The standard InChI is InChI=1S/C19H20F3N5O2/c1-10-5-6-12(16(23)28)8-15(10)26-18(29)13-9-25-27(11(13)2)17-14(19(20,21)22)4-3-7-24-17/h5-8,25H,3-4,9H2,1-2H3,(H2,23,28)(H,26,29). The minimum atomic E-state index is -4.51. The molecule has 2 aliphatic rings. The first-order chi connectivity index (χ1) is 13.6. The van der Waals surface area contributed by atoms with Crippen molar-refractivity contribution in [2.75, 3.05) is 11.9 Å². The number of aryl methyl sites for hydroxylation is 1. The number of rotatable bonds is 4. The van der Waals surface area contributed by atoms with E-state index in [4.69, 9.17) is 5.73 Å². The summed E-state index contributed by atoms with van der Waals surface area (Å²) in [5.74, 6) is -1.38. The van der Waals surface area contributed by atoms with Crippen molar-refractivity contribution >= 4 is 23.7 Å². The van der Waals surface area contributed by atoms with Crippen molar-refractivity contribution in [2.24, 2.45) is 10.7 Å². The van der Waals surface area contributed by atoms with Crippen LogP contribution in [-0.2, 0) is 4.79 Å². The summed E-state index contributed by atoms with van der Waals surface area (Å²) >= 11 is 0. The van der Waals surface area contributed by atoms with Gasteiger partial charge in [0.05, 0.1) is 11.1 Å². The average Bonchev–Trinajstić information content (AvgIpc) is 3.04. The van der Waals surface area contributed by atoms with E-state index in [0.717, 1.165) is 0 Å². The predicted octanol–water partition coefficient (Wildman–Crippen LogP) is 2.77. The van der Waals surface area contributed by atoms with Crippen LogP contribution in [0.15, 0.2) is 45.9 Å². The van der Waals surface area contributed by atoms with Gasteiger partial charge in [0.25, 0.3) is 5.91 Å².